The van der Waals surface area contributed by atoms with Crippen LogP contribution < -0.4 is 10.5 Å². The molecule has 0 spiro atoms. The van der Waals surface area contributed by atoms with Crippen molar-refractivity contribution >= 4 is 11.8 Å². The molecule has 2 N–H and O–H groups in total. The molecule has 0 radical (unpaired) electrons. The van der Waals surface area contributed by atoms with Crippen LogP contribution in [0.2, 0.25) is 0 Å². The molecule has 3 nitrogen and oxygen atoms in total. The number of rotatable bonds is 5. The summed E-state index contributed by atoms with van der Waals surface area (Å²) >= 11 is 2.06. The van der Waals surface area contributed by atoms with Crippen molar-refractivity contribution in [3.05, 3.63) is 29.8 Å². The molecular formula is C17H28N2OS. The molecule has 4 unspecified atom stereocenters. The maximum absolute atomic E-state index is 6.49. The summed E-state index contributed by atoms with van der Waals surface area (Å²) in [6.45, 7) is 7.92. The van der Waals surface area contributed by atoms with Crippen LogP contribution >= 0.6 is 11.8 Å². The Balaban J connectivity index is 2.33. The van der Waals surface area contributed by atoms with E-state index in [0.29, 0.717) is 11.3 Å². The molecule has 4 atom stereocenters. The zero-order valence-corrected chi connectivity index (χ0v) is 14.4. The van der Waals surface area contributed by atoms with Crippen molar-refractivity contribution in [3.8, 4) is 5.75 Å². The van der Waals surface area contributed by atoms with Crippen molar-refractivity contribution in [1.29, 1.82) is 0 Å². The van der Waals surface area contributed by atoms with Crippen LogP contribution in [-0.2, 0) is 0 Å². The fourth-order valence-corrected chi connectivity index (χ4v) is 4.21. The Kier molecular flexibility index (Phi) is 5.97. The molecule has 1 aliphatic rings. The zero-order valence-electron chi connectivity index (χ0n) is 13.6. The van der Waals surface area contributed by atoms with Gasteiger partial charge in [0.2, 0.25) is 0 Å². The molecule has 1 heterocycles. The first-order valence-corrected chi connectivity index (χ1v) is 8.90. The Morgan fingerprint density at radius 1 is 1.43 bits per heavy atom. The van der Waals surface area contributed by atoms with E-state index in [2.05, 4.69) is 55.6 Å². The SMILES string of the molecule is CCC(N)C(c1cccc(OC)c1)N1CCSC(C)C1C. The maximum atomic E-state index is 6.49. The van der Waals surface area contributed by atoms with Crippen LogP contribution in [-0.4, -0.2) is 41.6 Å². The van der Waals surface area contributed by atoms with Gasteiger partial charge in [-0.1, -0.05) is 26.0 Å². The van der Waals surface area contributed by atoms with Crippen molar-refractivity contribution in [2.75, 3.05) is 19.4 Å². The summed E-state index contributed by atoms with van der Waals surface area (Å²) in [7, 11) is 1.72. The molecule has 118 valence electrons. The quantitative estimate of drug-likeness (QED) is 0.906. The molecule has 0 aliphatic carbocycles. The van der Waals surface area contributed by atoms with Gasteiger partial charge in [-0.05, 0) is 31.0 Å². The lowest BCUT2D eigenvalue weighted by atomic mass is 9.94. The summed E-state index contributed by atoms with van der Waals surface area (Å²) in [5.74, 6) is 2.09. The fourth-order valence-electron chi connectivity index (χ4n) is 3.08. The summed E-state index contributed by atoms with van der Waals surface area (Å²) in [6, 6.07) is 9.34. The van der Waals surface area contributed by atoms with E-state index in [0.717, 1.165) is 18.7 Å². The Morgan fingerprint density at radius 3 is 2.86 bits per heavy atom. The second kappa shape index (κ2) is 7.52. The van der Waals surface area contributed by atoms with Gasteiger partial charge in [0.05, 0.1) is 13.2 Å². The smallest absolute Gasteiger partial charge is 0.119 e. The minimum atomic E-state index is 0.148. The number of nitrogens with zero attached hydrogens (tertiary/aromatic N) is 1. The van der Waals surface area contributed by atoms with Crippen LogP contribution in [0.15, 0.2) is 24.3 Å². The average Bonchev–Trinajstić information content (AvgIpc) is 2.51. The van der Waals surface area contributed by atoms with E-state index >= 15 is 0 Å². The lowest BCUT2D eigenvalue weighted by molar-refractivity contribution is 0.124. The second-order valence-corrected chi connectivity index (χ2v) is 7.33. The topological polar surface area (TPSA) is 38.5 Å². The van der Waals surface area contributed by atoms with Crippen LogP contribution in [0.3, 0.4) is 0 Å². The fraction of sp³-hybridized carbons (Fsp3) is 0.647. The average molecular weight is 308 g/mol. The number of benzene rings is 1. The third kappa shape index (κ3) is 3.74. The van der Waals surface area contributed by atoms with Crippen molar-refractivity contribution < 1.29 is 4.74 Å². The third-order valence-electron chi connectivity index (χ3n) is 4.60. The predicted molar refractivity (Wildman–Crippen MR) is 92.1 cm³/mol. The van der Waals surface area contributed by atoms with Gasteiger partial charge < -0.3 is 10.5 Å². The van der Waals surface area contributed by atoms with E-state index in [4.69, 9.17) is 10.5 Å². The number of hydrogen-bond donors (Lipinski definition) is 1. The largest absolute Gasteiger partial charge is 0.497 e. The summed E-state index contributed by atoms with van der Waals surface area (Å²) < 4.78 is 5.39. The molecule has 1 aliphatic heterocycles. The Bertz CT molecular complexity index is 454. The minimum absolute atomic E-state index is 0.148. The van der Waals surface area contributed by atoms with Gasteiger partial charge in [0.25, 0.3) is 0 Å². The molecule has 1 fully saturated rings. The van der Waals surface area contributed by atoms with Gasteiger partial charge in [0.1, 0.15) is 5.75 Å². The first-order valence-electron chi connectivity index (χ1n) is 7.85. The van der Waals surface area contributed by atoms with E-state index < -0.39 is 0 Å². The molecule has 21 heavy (non-hydrogen) atoms. The van der Waals surface area contributed by atoms with Gasteiger partial charge in [0.15, 0.2) is 0 Å². The number of thioether (sulfide) groups is 1. The Morgan fingerprint density at radius 2 is 2.19 bits per heavy atom. The van der Waals surface area contributed by atoms with Gasteiger partial charge in [-0.15, -0.1) is 0 Å². The summed E-state index contributed by atoms with van der Waals surface area (Å²) in [5, 5.41) is 0.649. The molecule has 4 heteroatoms. The third-order valence-corrected chi connectivity index (χ3v) is 5.94. The highest BCUT2D eigenvalue weighted by molar-refractivity contribution is 8.00. The van der Waals surface area contributed by atoms with Crippen molar-refractivity contribution in [2.24, 2.45) is 5.73 Å². The summed E-state index contributed by atoms with van der Waals surface area (Å²) in [6.07, 6.45) is 0.979. The van der Waals surface area contributed by atoms with Crippen LogP contribution in [0.4, 0.5) is 0 Å². The standard InChI is InChI=1S/C17H28N2OS/c1-5-16(18)17(14-7-6-8-15(11-14)20-4)19-9-10-21-13(3)12(19)2/h6-8,11-13,16-17H,5,9-10,18H2,1-4H3. The van der Waals surface area contributed by atoms with Gasteiger partial charge >= 0.3 is 0 Å². The molecule has 1 aromatic rings. The molecule has 2 rings (SSSR count). The van der Waals surface area contributed by atoms with E-state index in [9.17, 15) is 0 Å². The maximum Gasteiger partial charge on any atom is 0.119 e. The first kappa shape index (κ1) is 16.7. The number of hydrogen-bond acceptors (Lipinski definition) is 4. The van der Waals surface area contributed by atoms with E-state index in [1.807, 2.05) is 6.07 Å². The van der Waals surface area contributed by atoms with E-state index in [-0.39, 0.29) is 12.1 Å². The Labute approximate surface area is 133 Å². The zero-order chi connectivity index (χ0) is 15.4. The Hall–Kier alpha value is -0.710. The molecule has 0 saturated carbocycles. The van der Waals surface area contributed by atoms with Crippen molar-refractivity contribution in [1.82, 2.24) is 4.90 Å². The molecule has 0 aromatic heterocycles. The second-order valence-electron chi connectivity index (χ2n) is 5.85. The first-order chi connectivity index (χ1) is 10.1. The van der Waals surface area contributed by atoms with Gasteiger partial charge in [0, 0.05) is 29.6 Å². The van der Waals surface area contributed by atoms with E-state index in [1.165, 1.54) is 11.3 Å². The highest BCUT2D eigenvalue weighted by Gasteiger charge is 2.34. The van der Waals surface area contributed by atoms with Crippen molar-refractivity contribution in [3.63, 3.8) is 0 Å². The number of methoxy groups -OCH3 is 1. The molecular weight excluding hydrogens is 280 g/mol. The summed E-state index contributed by atoms with van der Waals surface area (Å²) in [5.41, 5.74) is 7.76. The molecule has 0 amide bonds. The van der Waals surface area contributed by atoms with Crippen LogP contribution in [0.5, 0.6) is 5.75 Å². The highest BCUT2D eigenvalue weighted by atomic mass is 32.2. The molecule has 1 aromatic carbocycles. The van der Waals surface area contributed by atoms with Gasteiger partial charge in [-0.2, -0.15) is 11.8 Å². The molecule has 0 bridgehead atoms. The monoisotopic (exact) mass is 308 g/mol. The number of ether oxygens (including phenoxy) is 1. The lowest BCUT2D eigenvalue weighted by Gasteiger charge is -2.44. The number of nitrogens with two attached hydrogens (primary N) is 1. The van der Waals surface area contributed by atoms with E-state index in [1.54, 1.807) is 7.11 Å². The van der Waals surface area contributed by atoms with Crippen LogP contribution in [0.1, 0.15) is 38.8 Å². The normalized spacial score (nSPS) is 26.3. The minimum Gasteiger partial charge on any atom is -0.497 e. The van der Waals surface area contributed by atoms with Gasteiger partial charge in [-0.25, -0.2) is 0 Å². The van der Waals surface area contributed by atoms with Crippen LogP contribution in [0.25, 0.3) is 0 Å². The van der Waals surface area contributed by atoms with Crippen LogP contribution in [0, 0.1) is 0 Å². The highest BCUT2D eigenvalue weighted by Crippen LogP contribution is 2.35. The molecule has 1 saturated heterocycles. The summed E-state index contributed by atoms with van der Waals surface area (Å²) in [4.78, 5) is 2.59. The predicted octanol–water partition coefficient (Wildman–Crippen LogP) is 3.30. The van der Waals surface area contributed by atoms with Gasteiger partial charge in [-0.3, -0.25) is 4.90 Å². The lowest BCUT2D eigenvalue weighted by Crippen LogP contribution is -2.51. The van der Waals surface area contributed by atoms with Crippen molar-refractivity contribution in [2.45, 2.75) is 50.6 Å².